The molecule has 4 rings (SSSR count). The Morgan fingerprint density at radius 1 is 0.960 bits per heavy atom. The number of rotatable bonds is 18. The van der Waals surface area contributed by atoms with Crippen LogP contribution in [0.5, 0.6) is 5.75 Å². The van der Waals surface area contributed by atoms with E-state index in [4.69, 9.17) is 24.8 Å². The SMILES string of the molecule is CC(C)C[C@H]1C(=O)N[C@H](C(=O)NCCOCCOCCOCCNC(=O)c2ccc(NN)nc2)Cc2ccc(cc2)OCCC[C@@H]1C(=O)NO. The number of nitrogens with two attached hydrogens (primary N) is 1. The van der Waals surface area contributed by atoms with Crippen molar-refractivity contribution in [2.75, 3.05) is 64.8 Å². The number of pyridine rings is 1. The van der Waals surface area contributed by atoms with Gasteiger partial charge in [-0.3, -0.25) is 24.4 Å². The fourth-order valence-corrected chi connectivity index (χ4v) is 5.36. The third-order valence-corrected chi connectivity index (χ3v) is 7.91. The van der Waals surface area contributed by atoms with Gasteiger partial charge in [-0.2, -0.15) is 0 Å². The number of anilines is 1. The number of nitrogens with zero attached hydrogens (tertiary/aromatic N) is 1. The molecule has 0 radical (unpaired) electrons. The van der Waals surface area contributed by atoms with E-state index in [1.165, 1.54) is 6.20 Å². The smallest absolute Gasteiger partial charge is 0.252 e. The largest absolute Gasteiger partial charge is 0.494 e. The Hall–Kier alpha value is -4.35. The van der Waals surface area contributed by atoms with Gasteiger partial charge < -0.3 is 40.3 Å². The number of nitrogens with one attached hydrogen (secondary N) is 5. The van der Waals surface area contributed by atoms with Gasteiger partial charge in [0.1, 0.15) is 17.6 Å². The molecule has 0 saturated carbocycles. The lowest BCUT2D eigenvalue weighted by Crippen LogP contribution is -2.52. The number of ether oxygens (including phenoxy) is 4. The molecule has 276 valence electrons. The van der Waals surface area contributed by atoms with E-state index in [9.17, 15) is 24.4 Å². The fourth-order valence-electron chi connectivity index (χ4n) is 5.36. The van der Waals surface area contributed by atoms with Gasteiger partial charge in [0.15, 0.2) is 0 Å². The minimum atomic E-state index is -0.904. The molecule has 0 saturated heterocycles. The molecule has 50 heavy (non-hydrogen) atoms. The van der Waals surface area contributed by atoms with Crippen LogP contribution < -0.4 is 37.4 Å². The zero-order chi connectivity index (χ0) is 36.1. The van der Waals surface area contributed by atoms with E-state index in [0.29, 0.717) is 82.6 Å². The normalized spacial score (nSPS) is 18.0. The van der Waals surface area contributed by atoms with Crippen molar-refractivity contribution in [3.8, 4) is 5.75 Å². The Labute approximate surface area is 292 Å². The zero-order valence-electron chi connectivity index (χ0n) is 28.8. The number of aromatic nitrogens is 1. The Morgan fingerprint density at radius 3 is 2.22 bits per heavy atom. The van der Waals surface area contributed by atoms with Crippen LogP contribution in [-0.4, -0.2) is 99.2 Å². The number of hydrogen-bond donors (Lipinski definition) is 7. The molecule has 8 N–H and O–H groups in total. The number of benzene rings is 1. The third-order valence-electron chi connectivity index (χ3n) is 7.91. The van der Waals surface area contributed by atoms with Crippen molar-refractivity contribution in [2.24, 2.45) is 23.6 Å². The van der Waals surface area contributed by atoms with Gasteiger partial charge in [0, 0.05) is 31.6 Å². The topological polar surface area (TPSA) is 224 Å². The maximum Gasteiger partial charge on any atom is 0.252 e. The minimum absolute atomic E-state index is 0.0879. The molecule has 16 nitrogen and oxygen atoms in total. The van der Waals surface area contributed by atoms with Crippen molar-refractivity contribution < 1.29 is 43.3 Å². The summed E-state index contributed by atoms with van der Waals surface area (Å²) in [5.74, 6) is 3.22. The van der Waals surface area contributed by atoms with E-state index in [-0.39, 0.29) is 37.3 Å². The highest BCUT2D eigenvalue weighted by atomic mass is 16.5. The van der Waals surface area contributed by atoms with Gasteiger partial charge in [-0.15, -0.1) is 0 Å². The summed E-state index contributed by atoms with van der Waals surface area (Å²) in [5.41, 5.74) is 5.35. The number of hydroxylamine groups is 1. The third kappa shape index (κ3) is 14.2. The molecular weight excluding hydrogens is 650 g/mol. The van der Waals surface area contributed by atoms with Crippen molar-refractivity contribution in [3.05, 3.63) is 53.7 Å². The van der Waals surface area contributed by atoms with E-state index in [2.05, 4.69) is 26.4 Å². The first-order chi connectivity index (χ1) is 24.2. The molecule has 16 heteroatoms. The number of nitrogen functional groups attached to an aromatic ring is 1. The number of hydrazine groups is 1. The van der Waals surface area contributed by atoms with Crippen LogP contribution in [0.25, 0.3) is 0 Å². The van der Waals surface area contributed by atoms with Gasteiger partial charge in [0.2, 0.25) is 17.7 Å². The van der Waals surface area contributed by atoms with Gasteiger partial charge in [0.25, 0.3) is 5.91 Å². The van der Waals surface area contributed by atoms with Crippen LogP contribution in [0.3, 0.4) is 0 Å². The average molecular weight is 702 g/mol. The van der Waals surface area contributed by atoms with Crippen molar-refractivity contribution >= 4 is 29.4 Å². The molecule has 4 amide bonds. The van der Waals surface area contributed by atoms with Crippen LogP contribution in [-0.2, 0) is 35.0 Å². The van der Waals surface area contributed by atoms with E-state index >= 15 is 0 Å². The molecule has 2 aromatic rings. The van der Waals surface area contributed by atoms with Crippen molar-refractivity contribution in [2.45, 2.75) is 45.6 Å². The molecule has 2 aliphatic heterocycles. The van der Waals surface area contributed by atoms with E-state index in [0.717, 1.165) is 5.56 Å². The maximum atomic E-state index is 13.6. The number of fused-ring (bicyclic) bond motifs is 11. The number of hydrogen-bond acceptors (Lipinski definition) is 12. The van der Waals surface area contributed by atoms with Crippen LogP contribution in [0.2, 0.25) is 0 Å². The van der Waals surface area contributed by atoms with Crippen LogP contribution in [0.1, 0.15) is 49.0 Å². The fraction of sp³-hybridized carbons (Fsp3) is 0.559. The molecule has 0 fully saturated rings. The summed E-state index contributed by atoms with van der Waals surface area (Å²) in [7, 11) is 0. The molecule has 2 bridgehead atoms. The standard InChI is InChI=1S/C34H51N7O9/c1-23(2)20-28-27(33(44)41-46)4-3-13-50-26-8-5-24(6-9-26)21-29(39-32(28)43)34(45)37-12-15-48-17-19-49-18-16-47-14-11-36-31(42)25-7-10-30(40-35)38-22-25/h5-10,22-23,27-29,46H,3-4,11-21,35H2,1-2H3,(H,36,42)(H,37,45)(H,38,40)(H,39,43)(H,41,44)/t27-,28+,29-/m0/s1. The molecule has 2 aliphatic rings. The molecular formula is C34H51N7O9. The van der Waals surface area contributed by atoms with Crippen LogP contribution in [0, 0.1) is 17.8 Å². The summed E-state index contributed by atoms with van der Waals surface area (Å²) >= 11 is 0. The quantitative estimate of drug-likeness (QED) is 0.0499. The van der Waals surface area contributed by atoms with E-state index in [1.54, 1.807) is 29.7 Å². The first kappa shape index (κ1) is 40.1. The second-order valence-electron chi connectivity index (χ2n) is 12.2. The van der Waals surface area contributed by atoms with Crippen LogP contribution >= 0.6 is 0 Å². The highest BCUT2D eigenvalue weighted by Crippen LogP contribution is 2.27. The van der Waals surface area contributed by atoms with Crippen LogP contribution in [0.4, 0.5) is 5.82 Å². The predicted molar refractivity (Wildman–Crippen MR) is 183 cm³/mol. The second kappa shape index (κ2) is 22.4. The first-order valence-electron chi connectivity index (χ1n) is 16.9. The summed E-state index contributed by atoms with van der Waals surface area (Å²) in [6, 6.07) is 9.63. The van der Waals surface area contributed by atoms with Crippen molar-refractivity contribution in [1.82, 2.24) is 26.4 Å². The van der Waals surface area contributed by atoms with E-state index in [1.807, 2.05) is 26.0 Å². The predicted octanol–water partition coefficient (Wildman–Crippen LogP) is 0.947. The molecule has 1 aromatic heterocycles. The first-order valence-corrected chi connectivity index (χ1v) is 16.9. The van der Waals surface area contributed by atoms with Crippen molar-refractivity contribution in [3.63, 3.8) is 0 Å². The molecule has 0 aliphatic carbocycles. The monoisotopic (exact) mass is 701 g/mol. The van der Waals surface area contributed by atoms with Crippen LogP contribution in [0.15, 0.2) is 42.6 Å². The summed E-state index contributed by atoms with van der Waals surface area (Å²) in [6.07, 6.45) is 2.87. The summed E-state index contributed by atoms with van der Waals surface area (Å²) in [6.45, 7) is 6.66. The van der Waals surface area contributed by atoms with Gasteiger partial charge in [-0.1, -0.05) is 26.0 Å². The van der Waals surface area contributed by atoms with E-state index < -0.39 is 29.7 Å². The van der Waals surface area contributed by atoms with Gasteiger partial charge in [-0.05, 0) is 55.0 Å². The molecule has 0 unspecified atom stereocenters. The average Bonchev–Trinajstić information content (AvgIpc) is 3.12. The van der Waals surface area contributed by atoms with Crippen molar-refractivity contribution in [1.29, 1.82) is 0 Å². The molecule has 0 spiro atoms. The minimum Gasteiger partial charge on any atom is -0.494 e. The summed E-state index contributed by atoms with van der Waals surface area (Å²) < 4.78 is 22.4. The Kier molecular flexibility index (Phi) is 17.9. The number of carbonyl (C=O) groups excluding carboxylic acids is 4. The van der Waals surface area contributed by atoms with Gasteiger partial charge in [0.05, 0.1) is 57.7 Å². The summed E-state index contributed by atoms with van der Waals surface area (Å²) in [5, 5.41) is 17.9. The number of carbonyl (C=O) groups is 4. The lowest BCUT2D eigenvalue weighted by Gasteiger charge is -2.29. The Morgan fingerprint density at radius 2 is 1.62 bits per heavy atom. The lowest BCUT2D eigenvalue weighted by atomic mass is 9.81. The lowest BCUT2D eigenvalue weighted by molar-refractivity contribution is -0.142. The molecule has 3 heterocycles. The zero-order valence-corrected chi connectivity index (χ0v) is 28.8. The summed E-state index contributed by atoms with van der Waals surface area (Å²) in [4.78, 5) is 55.7. The Balaban J connectivity index is 1.38. The molecule has 3 atom stereocenters. The second-order valence-corrected chi connectivity index (χ2v) is 12.2. The molecule has 1 aromatic carbocycles. The highest BCUT2D eigenvalue weighted by Gasteiger charge is 2.36. The maximum absolute atomic E-state index is 13.6. The van der Waals surface area contributed by atoms with Gasteiger partial charge >= 0.3 is 0 Å². The Bertz CT molecular complexity index is 1330. The van der Waals surface area contributed by atoms with Gasteiger partial charge in [-0.25, -0.2) is 16.3 Å². The number of amides is 4. The highest BCUT2D eigenvalue weighted by molar-refractivity contribution is 5.94.